The number of nitrogens with zero attached hydrogens (tertiary/aromatic N) is 1. The highest BCUT2D eigenvalue weighted by molar-refractivity contribution is 6.33. The third kappa shape index (κ3) is 3.73. The van der Waals surface area contributed by atoms with Gasteiger partial charge in [-0.1, -0.05) is 41.9 Å². The van der Waals surface area contributed by atoms with Gasteiger partial charge in [0.2, 0.25) is 0 Å². The molecule has 1 unspecified atom stereocenters. The average molecular weight is 376 g/mol. The molecular weight excluding hydrogens is 357 g/mol. The zero-order valence-corrected chi connectivity index (χ0v) is 15.1. The molecule has 6 heteroatoms. The molecule has 0 heterocycles. The van der Waals surface area contributed by atoms with Crippen molar-refractivity contribution in [2.45, 2.75) is 25.3 Å². The number of halogens is 2. The second-order valence-electron chi connectivity index (χ2n) is 6.28. The number of fused-ring (bicyclic) bond motifs is 1. The lowest BCUT2D eigenvalue weighted by atomic mass is 9.87. The SMILES string of the molecule is CN(C(=O)COC(=O)c1c(F)cccc1Cl)C1CCCc2ccccc21. The predicted octanol–water partition coefficient (Wildman–Crippen LogP) is 4.17. The first kappa shape index (κ1) is 18.4. The number of benzene rings is 2. The Labute approximate surface area is 156 Å². The summed E-state index contributed by atoms with van der Waals surface area (Å²) in [6, 6.07) is 11.9. The smallest absolute Gasteiger partial charge is 0.343 e. The van der Waals surface area contributed by atoms with Crippen molar-refractivity contribution in [3.05, 3.63) is 70.0 Å². The first-order chi connectivity index (χ1) is 12.5. The maximum atomic E-state index is 13.8. The number of carbonyl (C=O) groups excluding carboxylic acids is 2. The van der Waals surface area contributed by atoms with Crippen LogP contribution in [-0.2, 0) is 16.0 Å². The Bertz CT molecular complexity index is 819. The van der Waals surface area contributed by atoms with Crippen LogP contribution in [-0.4, -0.2) is 30.4 Å². The van der Waals surface area contributed by atoms with E-state index in [1.165, 1.54) is 17.7 Å². The normalized spacial score (nSPS) is 15.9. The molecule has 3 rings (SSSR count). The topological polar surface area (TPSA) is 46.6 Å². The predicted molar refractivity (Wildman–Crippen MR) is 96.6 cm³/mol. The fraction of sp³-hybridized carbons (Fsp3) is 0.300. The summed E-state index contributed by atoms with van der Waals surface area (Å²) in [6.07, 6.45) is 2.84. The molecule has 0 N–H and O–H groups in total. The summed E-state index contributed by atoms with van der Waals surface area (Å²) in [6.45, 7) is -0.460. The number of rotatable bonds is 4. The molecule has 1 amide bonds. The Kier molecular flexibility index (Phi) is 5.57. The molecule has 136 valence electrons. The molecular formula is C20H19ClFNO3. The molecule has 4 nitrogen and oxygen atoms in total. The molecule has 0 saturated carbocycles. The van der Waals surface area contributed by atoms with E-state index in [0.29, 0.717) is 0 Å². The quantitative estimate of drug-likeness (QED) is 0.753. The molecule has 0 bridgehead atoms. The van der Waals surface area contributed by atoms with Crippen LogP contribution in [0.15, 0.2) is 42.5 Å². The summed E-state index contributed by atoms with van der Waals surface area (Å²) in [5.41, 5.74) is 2.00. The largest absolute Gasteiger partial charge is 0.452 e. The Hall–Kier alpha value is -2.40. The van der Waals surface area contributed by atoms with Gasteiger partial charge in [0.05, 0.1) is 11.1 Å². The van der Waals surface area contributed by atoms with Crippen molar-refractivity contribution in [1.82, 2.24) is 4.90 Å². The molecule has 1 aliphatic rings. The Morgan fingerprint density at radius 3 is 2.77 bits per heavy atom. The lowest BCUT2D eigenvalue weighted by Crippen LogP contribution is -2.36. The first-order valence-corrected chi connectivity index (χ1v) is 8.81. The van der Waals surface area contributed by atoms with Gasteiger partial charge in [0.1, 0.15) is 11.4 Å². The Morgan fingerprint density at radius 2 is 2.00 bits per heavy atom. The van der Waals surface area contributed by atoms with E-state index in [1.54, 1.807) is 11.9 Å². The Morgan fingerprint density at radius 1 is 1.23 bits per heavy atom. The number of amides is 1. The van der Waals surface area contributed by atoms with Gasteiger partial charge in [-0.15, -0.1) is 0 Å². The maximum absolute atomic E-state index is 13.8. The number of aryl methyl sites for hydroxylation is 1. The van der Waals surface area contributed by atoms with Gasteiger partial charge in [-0.2, -0.15) is 0 Å². The summed E-state index contributed by atoms with van der Waals surface area (Å²) >= 11 is 5.84. The highest BCUT2D eigenvalue weighted by Crippen LogP contribution is 2.33. The summed E-state index contributed by atoms with van der Waals surface area (Å²) in [7, 11) is 1.69. The van der Waals surface area contributed by atoms with E-state index < -0.39 is 18.4 Å². The molecule has 0 radical (unpaired) electrons. The zero-order valence-electron chi connectivity index (χ0n) is 14.4. The number of ether oxygens (including phenoxy) is 1. The molecule has 1 atom stereocenters. The van der Waals surface area contributed by atoms with Gasteiger partial charge in [0.25, 0.3) is 5.91 Å². The number of carbonyl (C=O) groups is 2. The van der Waals surface area contributed by atoms with Crippen molar-refractivity contribution < 1.29 is 18.7 Å². The Balaban J connectivity index is 1.66. The van der Waals surface area contributed by atoms with Crippen LogP contribution >= 0.6 is 11.6 Å². The van der Waals surface area contributed by atoms with E-state index >= 15 is 0 Å². The molecule has 26 heavy (non-hydrogen) atoms. The fourth-order valence-corrected chi connectivity index (χ4v) is 3.54. The van der Waals surface area contributed by atoms with Crippen LogP contribution in [0.2, 0.25) is 5.02 Å². The first-order valence-electron chi connectivity index (χ1n) is 8.43. The summed E-state index contributed by atoms with van der Waals surface area (Å²) < 4.78 is 18.8. The molecule has 2 aromatic carbocycles. The maximum Gasteiger partial charge on any atom is 0.343 e. The minimum Gasteiger partial charge on any atom is -0.452 e. The zero-order chi connectivity index (χ0) is 18.7. The van der Waals surface area contributed by atoms with Crippen LogP contribution in [0.5, 0.6) is 0 Å². The lowest BCUT2D eigenvalue weighted by molar-refractivity contribution is -0.135. The summed E-state index contributed by atoms with van der Waals surface area (Å²) in [4.78, 5) is 26.1. The van der Waals surface area contributed by atoms with Crippen molar-refractivity contribution in [3.8, 4) is 0 Å². The number of hydrogen-bond donors (Lipinski definition) is 0. The van der Waals surface area contributed by atoms with Crippen molar-refractivity contribution in [2.24, 2.45) is 0 Å². The molecule has 0 saturated heterocycles. The van der Waals surface area contributed by atoms with Crippen LogP contribution < -0.4 is 0 Å². The number of likely N-dealkylation sites (N-methyl/N-ethyl adjacent to an activating group) is 1. The van der Waals surface area contributed by atoms with E-state index in [1.807, 2.05) is 18.2 Å². The van der Waals surface area contributed by atoms with Crippen molar-refractivity contribution >= 4 is 23.5 Å². The van der Waals surface area contributed by atoms with E-state index in [0.717, 1.165) is 30.9 Å². The number of esters is 1. The molecule has 0 aliphatic heterocycles. The standard InChI is InChI=1S/C20H19ClFNO3/c1-23(17-11-4-7-13-6-2-3-8-14(13)17)18(24)12-26-20(25)19-15(21)9-5-10-16(19)22/h2-3,5-6,8-10,17H,4,7,11-12H2,1H3. The highest BCUT2D eigenvalue weighted by atomic mass is 35.5. The highest BCUT2D eigenvalue weighted by Gasteiger charge is 2.27. The van der Waals surface area contributed by atoms with Crippen LogP contribution in [0, 0.1) is 5.82 Å². The number of hydrogen-bond acceptors (Lipinski definition) is 3. The van der Waals surface area contributed by atoms with Crippen molar-refractivity contribution in [3.63, 3.8) is 0 Å². The summed E-state index contributed by atoms with van der Waals surface area (Å²) in [5, 5.41) is -0.0444. The minimum atomic E-state index is -0.945. The van der Waals surface area contributed by atoms with Gasteiger partial charge in [-0.3, -0.25) is 4.79 Å². The van der Waals surface area contributed by atoms with Crippen molar-refractivity contribution in [1.29, 1.82) is 0 Å². The van der Waals surface area contributed by atoms with Crippen LogP contribution in [0.25, 0.3) is 0 Å². The van der Waals surface area contributed by atoms with E-state index in [9.17, 15) is 14.0 Å². The minimum absolute atomic E-state index is 0.0444. The molecule has 2 aromatic rings. The second-order valence-corrected chi connectivity index (χ2v) is 6.69. The van der Waals surface area contributed by atoms with Crippen LogP contribution in [0.1, 0.15) is 40.4 Å². The van der Waals surface area contributed by atoms with E-state index in [2.05, 4.69) is 6.07 Å². The van der Waals surface area contributed by atoms with Crippen LogP contribution in [0.4, 0.5) is 4.39 Å². The van der Waals surface area contributed by atoms with Gasteiger partial charge < -0.3 is 9.64 Å². The van der Waals surface area contributed by atoms with Gasteiger partial charge in [0, 0.05) is 7.05 Å². The third-order valence-electron chi connectivity index (χ3n) is 4.69. The van der Waals surface area contributed by atoms with Gasteiger partial charge in [-0.05, 0) is 42.5 Å². The van der Waals surface area contributed by atoms with Gasteiger partial charge in [0.15, 0.2) is 6.61 Å². The van der Waals surface area contributed by atoms with Crippen LogP contribution in [0.3, 0.4) is 0 Å². The third-order valence-corrected chi connectivity index (χ3v) is 5.01. The molecule has 1 aliphatic carbocycles. The molecule has 0 fully saturated rings. The second kappa shape index (κ2) is 7.87. The van der Waals surface area contributed by atoms with Gasteiger partial charge in [-0.25, -0.2) is 9.18 Å². The average Bonchev–Trinajstić information content (AvgIpc) is 2.65. The molecule has 0 aromatic heterocycles. The van der Waals surface area contributed by atoms with E-state index in [4.69, 9.17) is 16.3 Å². The fourth-order valence-electron chi connectivity index (χ4n) is 3.30. The molecule has 0 spiro atoms. The van der Waals surface area contributed by atoms with Gasteiger partial charge >= 0.3 is 5.97 Å². The van der Waals surface area contributed by atoms with E-state index in [-0.39, 0.29) is 22.5 Å². The monoisotopic (exact) mass is 375 g/mol. The lowest BCUT2D eigenvalue weighted by Gasteiger charge is -2.33. The van der Waals surface area contributed by atoms with Crippen molar-refractivity contribution in [2.75, 3.05) is 13.7 Å². The summed E-state index contributed by atoms with van der Waals surface area (Å²) in [5.74, 6) is -2.06.